The van der Waals surface area contributed by atoms with Gasteiger partial charge >= 0.3 is 0 Å². The molecule has 0 aliphatic carbocycles. The molecule has 0 saturated heterocycles. The van der Waals surface area contributed by atoms with E-state index in [0.29, 0.717) is 22.7 Å². The van der Waals surface area contributed by atoms with Gasteiger partial charge in [0, 0.05) is 11.6 Å². The number of nitrogens with two attached hydrogens (primary N) is 1. The van der Waals surface area contributed by atoms with Crippen LogP contribution in [0.25, 0.3) is 0 Å². The number of ether oxygens (including phenoxy) is 2. The smallest absolute Gasteiger partial charge is 0.145 e. The Morgan fingerprint density at radius 3 is 2.31 bits per heavy atom. The van der Waals surface area contributed by atoms with Crippen molar-refractivity contribution < 1.29 is 9.47 Å². The van der Waals surface area contributed by atoms with Crippen LogP contribution in [-0.4, -0.2) is 14.2 Å². The molecule has 0 fully saturated rings. The molecule has 1 rings (SSSR count). The van der Waals surface area contributed by atoms with Crippen molar-refractivity contribution in [2.24, 2.45) is 0 Å². The van der Waals surface area contributed by atoms with Gasteiger partial charge < -0.3 is 15.2 Å². The largest absolute Gasteiger partial charge is 0.496 e. The van der Waals surface area contributed by atoms with Gasteiger partial charge in [-0.1, -0.05) is 13.8 Å². The number of nitrogen functional groups attached to an aromatic ring is 1. The maximum atomic E-state index is 9.05. The van der Waals surface area contributed by atoms with E-state index >= 15 is 0 Å². The molecule has 0 radical (unpaired) electrons. The third kappa shape index (κ3) is 1.89. The Kier molecular flexibility index (Phi) is 3.62. The Hall–Kier alpha value is -1.89. The van der Waals surface area contributed by atoms with Crippen LogP contribution in [0.2, 0.25) is 0 Å². The molecule has 0 atom stereocenters. The van der Waals surface area contributed by atoms with Gasteiger partial charge in [-0.2, -0.15) is 5.26 Å². The van der Waals surface area contributed by atoms with E-state index in [9.17, 15) is 0 Å². The number of hydrogen-bond donors (Lipinski definition) is 1. The van der Waals surface area contributed by atoms with Gasteiger partial charge in [-0.25, -0.2) is 0 Å². The minimum atomic E-state index is 0.192. The Labute approximate surface area is 95.6 Å². The molecular weight excluding hydrogens is 204 g/mol. The lowest BCUT2D eigenvalue weighted by Gasteiger charge is -2.18. The van der Waals surface area contributed by atoms with E-state index in [-0.39, 0.29) is 5.92 Å². The van der Waals surface area contributed by atoms with Crippen LogP contribution in [0.3, 0.4) is 0 Å². The Balaban J connectivity index is 3.61. The van der Waals surface area contributed by atoms with Crippen molar-refractivity contribution in [3.8, 4) is 17.6 Å². The van der Waals surface area contributed by atoms with Gasteiger partial charge in [0.2, 0.25) is 0 Å². The van der Waals surface area contributed by atoms with E-state index in [1.165, 1.54) is 7.11 Å². The molecular formula is C12H16N2O2. The van der Waals surface area contributed by atoms with Crippen LogP contribution in [0.15, 0.2) is 6.07 Å². The van der Waals surface area contributed by atoms with Crippen LogP contribution in [-0.2, 0) is 0 Å². The molecule has 0 saturated carbocycles. The maximum Gasteiger partial charge on any atom is 0.145 e. The number of methoxy groups -OCH3 is 2. The second-order valence-corrected chi connectivity index (χ2v) is 3.76. The summed E-state index contributed by atoms with van der Waals surface area (Å²) >= 11 is 0. The summed E-state index contributed by atoms with van der Waals surface area (Å²) in [5.74, 6) is 1.36. The molecule has 0 spiro atoms. The first kappa shape index (κ1) is 12.2. The summed E-state index contributed by atoms with van der Waals surface area (Å²) in [5, 5.41) is 9.05. The minimum absolute atomic E-state index is 0.192. The summed E-state index contributed by atoms with van der Waals surface area (Å²) in [5.41, 5.74) is 7.38. The van der Waals surface area contributed by atoms with E-state index < -0.39 is 0 Å². The molecule has 0 aromatic heterocycles. The van der Waals surface area contributed by atoms with Crippen molar-refractivity contribution in [3.63, 3.8) is 0 Å². The zero-order valence-corrected chi connectivity index (χ0v) is 10.00. The summed E-state index contributed by atoms with van der Waals surface area (Å²) in [6.07, 6.45) is 0. The number of hydrogen-bond acceptors (Lipinski definition) is 4. The maximum absolute atomic E-state index is 9.05. The number of nitriles is 1. The van der Waals surface area contributed by atoms with Gasteiger partial charge in [-0.05, 0) is 5.92 Å². The topological polar surface area (TPSA) is 68.3 Å². The van der Waals surface area contributed by atoms with Crippen LogP contribution in [0, 0.1) is 11.3 Å². The zero-order chi connectivity index (χ0) is 12.3. The molecule has 0 amide bonds. The first-order valence-electron chi connectivity index (χ1n) is 5.01. The van der Waals surface area contributed by atoms with Crippen LogP contribution < -0.4 is 15.2 Å². The third-order valence-corrected chi connectivity index (χ3v) is 2.43. The van der Waals surface area contributed by atoms with E-state index in [2.05, 4.69) is 6.07 Å². The molecule has 0 bridgehead atoms. The molecule has 4 nitrogen and oxygen atoms in total. The summed E-state index contributed by atoms with van der Waals surface area (Å²) in [6.45, 7) is 4.02. The van der Waals surface area contributed by atoms with Crippen molar-refractivity contribution in [2.75, 3.05) is 20.0 Å². The third-order valence-electron chi connectivity index (χ3n) is 2.43. The average Bonchev–Trinajstić information content (AvgIpc) is 2.26. The highest BCUT2D eigenvalue weighted by atomic mass is 16.5. The normalized spacial score (nSPS) is 10.0. The van der Waals surface area contributed by atoms with Crippen LogP contribution in [0.1, 0.15) is 30.9 Å². The van der Waals surface area contributed by atoms with Gasteiger partial charge in [-0.3, -0.25) is 0 Å². The van der Waals surface area contributed by atoms with Gasteiger partial charge in [0.25, 0.3) is 0 Å². The van der Waals surface area contributed by atoms with Gasteiger partial charge in [0.05, 0.1) is 19.9 Å². The summed E-state index contributed by atoms with van der Waals surface area (Å²) in [6, 6.07) is 3.72. The van der Waals surface area contributed by atoms with Crippen LogP contribution in [0.5, 0.6) is 11.5 Å². The highest BCUT2D eigenvalue weighted by Crippen LogP contribution is 2.40. The molecule has 1 aromatic carbocycles. The highest BCUT2D eigenvalue weighted by molar-refractivity contribution is 5.68. The fourth-order valence-corrected chi connectivity index (χ4v) is 1.71. The SMILES string of the molecule is COc1cc(N)c(C#N)c(OC)c1C(C)C. The average molecular weight is 220 g/mol. The standard InChI is InChI=1S/C12H16N2O2/c1-7(2)11-10(15-3)5-9(14)8(6-13)12(11)16-4/h5,7H,14H2,1-4H3. The molecule has 1 aromatic rings. The predicted molar refractivity (Wildman–Crippen MR) is 62.8 cm³/mol. The summed E-state index contributed by atoms with van der Waals surface area (Å²) in [7, 11) is 3.10. The van der Waals surface area contributed by atoms with E-state index in [1.54, 1.807) is 13.2 Å². The zero-order valence-electron chi connectivity index (χ0n) is 10.00. The lowest BCUT2D eigenvalue weighted by Crippen LogP contribution is -2.04. The van der Waals surface area contributed by atoms with Crippen molar-refractivity contribution >= 4 is 5.69 Å². The summed E-state index contributed by atoms with van der Waals surface area (Å²) < 4.78 is 10.5. The number of nitrogens with zero attached hydrogens (tertiary/aromatic N) is 1. The highest BCUT2D eigenvalue weighted by Gasteiger charge is 2.20. The number of rotatable bonds is 3. The second-order valence-electron chi connectivity index (χ2n) is 3.76. The van der Waals surface area contributed by atoms with Crippen molar-refractivity contribution in [2.45, 2.75) is 19.8 Å². The lowest BCUT2D eigenvalue weighted by atomic mass is 9.97. The fourth-order valence-electron chi connectivity index (χ4n) is 1.71. The first-order valence-corrected chi connectivity index (χ1v) is 5.01. The van der Waals surface area contributed by atoms with E-state index in [0.717, 1.165) is 5.56 Å². The van der Waals surface area contributed by atoms with Gasteiger partial charge in [-0.15, -0.1) is 0 Å². The quantitative estimate of drug-likeness (QED) is 0.793. The fraction of sp³-hybridized carbons (Fsp3) is 0.417. The summed E-state index contributed by atoms with van der Waals surface area (Å²) in [4.78, 5) is 0. The second kappa shape index (κ2) is 4.75. The predicted octanol–water partition coefficient (Wildman–Crippen LogP) is 2.28. The van der Waals surface area contributed by atoms with Crippen LogP contribution in [0.4, 0.5) is 5.69 Å². The van der Waals surface area contributed by atoms with Gasteiger partial charge in [0.15, 0.2) is 0 Å². The molecule has 0 unspecified atom stereocenters. The van der Waals surface area contributed by atoms with E-state index in [4.69, 9.17) is 20.5 Å². The van der Waals surface area contributed by atoms with Crippen LogP contribution >= 0.6 is 0 Å². The van der Waals surface area contributed by atoms with Crippen molar-refractivity contribution in [1.82, 2.24) is 0 Å². The van der Waals surface area contributed by atoms with Crippen molar-refractivity contribution in [3.05, 3.63) is 17.2 Å². The molecule has 86 valence electrons. The Morgan fingerprint density at radius 2 is 1.94 bits per heavy atom. The van der Waals surface area contributed by atoms with E-state index in [1.807, 2.05) is 13.8 Å². The Morgan fingerprint density at radius 1 is 1.31 bits per heavy atom. The minimum Gasteiger partial charge on any atom is -0.496 e. The monoisotopic (exact) mass is 220 g/mol. The van der Waals surface area contributed by atoms with Crippen molar-refractivity contribution in [1.29, 1.82) is 5.26 Å². The molecule has 16 heavy (non-hydrogen) atoms. The number of anilines is 1. The lowest BCUT2D eigenvalue weighted by molar-refractivity contribution is 0.381. The first-order chi connectivity index (χ1) is 7.56. The molecule has 0 aliphatic heterocycles. The molecule has 0 aliphatic rings. The van der Waals surface area contributed by atoms with Gasteiger partial charge in [0.1, 0.15) is 23.1 Å². The Bertz CT molecular complexity index is 434. The number of benzene rings is 1. The molecule has 2 N–H and O–H groups in total. The molecule has 0 heterocycles. The molecule has 4 heteroatoms.